The third kappa shape index (κ3) is 2.17. The third-order valence-electron chi connectivity index (χ3n) is 3.43. The van der Waals surface area contributed by atoms with Crippen molar-refractivity contribution in [2.24, 2.45) is 5.73 Å². The summed E-state index contributed by atoms with van der Waals surface area (Å²) in [6.45, 7) is 0. The van der Waals surface area contributed by atoms with E-state index in [4.69, 9.17) is 9.92 Å². The minimum Gasteiger partial charge on any atom is -0.367 e. The molecule has 104 valence electrons. The van der Waals surface area contributed by atoms with Crippen LogP contribution in [0.4, 0.5) is 0 Å². The first-order valence-corrected chi connectivity index (χ1v) is 7.58. The van der Waals surface area contributed by atoms with E-state index in [2.05, 4.69) is 0 Å². The molecule has 1 fully saturated rings. The number of primary amides is 1. The van der Waals surface area contributed by atoms with E-state index in [0.29, 0.717) is 12.8 Å². The second-order valence-corrected chi connectivity index (χ2v) is 6.45. The number of amides is 1. The number of rotatable bonds is 4. The van der Waals surface area contributed by atoms with Gasteiger partial charge < -0.3 is 5.73 Å². The van der Waals surface area contributed by atoms with E-state index < -0.39 is 21.6 Å². The van der Waals surface area contributed by atoms with Crippen LogP contribution in [-0.2, 0) is 19.1 Å². The maximum atomic E-state index is 12.2. The van der Waals surface area contributed by atoms with E-state index in [1.54, 1.807) is 6.07 Å². The van der Waals surface area contributed by atoms with Crippen molar-refractivity contribution in [3.63, 3.8) is 0 Å². The summed E-state index contributed by atoms with van der Waals surface area (Å²) in [6.07, 6.45) is 0.685. The molecule has 0 aromatic heterocycles. The molecule has 0 radical (unpaired) electrons. The fraction of sp³-hybridized carbons (Fsp3) is 0.214. The number of hydrogen-bond donors (Lipinski definition) is 1. The van der Waals surface area contributed by atoms with E-state index in [1.165, 1.54) is 12.1 Å². The van der Waals surface area contributed by atoms with Gasteiger partial charge in [0.2, 0.25) is 0 Å². The van der Waals surface area contributed by atoms with Gasteiger partial charge in [0, 0.05) is 0 Å². The van der Waals surface area contributed by atoms with Gasteiger partial charge in [0.25, 0.3) is 16.0 Å². The van der Waals surface area contributed by atoms with Crippen LogP contribution in [0, 0.1) is 0 Å². The minimum absolute atomic E-state index is 0.0312. The topological polar surface area (TPSA) is 86.5 Å². The van der Waals surface area contributed by atoms with Crippen molar-refractivity contribution in [3.05, 3.63) is 42.5 Å². The zero-order valence-electron chi connectivity index (χ0n) is 10.6. The molecule has 0 spiro atoms. The molecule has 0 atom stereocenters. The number of fused-ring (bicyclic) bond motifs is 1. The Bertz CT molecular complexity index is 794. The highest BCUT2D eigenvalue weighted by Crippen LogP contribution is 2.41. The Morgan fingerprint density at radius 3 is 2.35 bits per heavy atom. The van der Waals surface area contributed by atoms with Crippen LogP contribution in [0.15, 0.2) is 47.4 Å². The zero-order chi connectivity index (χ0) is 14.4. The molecule has 20 heavy (non-hydrogen) atoms. The molecule has 3 rings (SSSR count). The van der Waals surface area contributed by atoms with Gasteiger partial charge in [-0.2, -0.15) is 8.42 Å². The van der Waals surface area contributed by atoms with Crippen LogP contribution in [0.3, 0.4) is 0 Å². The van der Waals surface area contributed by atoms with Gasteiger partial charge in [0.1, 0.15) is 0 Å². The predicted molar refractivity (Wildman–Crippen MR) is 73.4 cm³/mol. The predicted octanol–water partition coefficient (Wildman–Crippen LogP) is 1.56. The number of carbonyl (C=O) groups is 1. The Kier molecular flexibility index (Phi) is 2.81. The standard InChI is InChI=1S/C14H13NO4S/c15-13(16)14(7-8-14)19-20(17,18)12-6-5-10-3-1-2-4-11(10)9-12/h1-6,9H,7-8H2,(H2,15,16). The Balaban J connectivity index is 1.99. The van der Waals surface area contributed by atoms with Gasteiger partial charge in [-0.1, -0.05) is 30.3 Å². The van der Waals surface area contributed by atoms with Crippen molar-refractivity contribution in [1.29, 1.82) is 0 Å². The average molecular weight is 291 g/mol. The van der Waals surface area contributed by atoms with Crippen molar-refractivity contribution in [2.75, 3.05) is 0 Å². The number of nitrogens with two attached hydrogens (primary N) is 1. The van der Waals surface area contributed by atoms with Crippen molar-refractivity contribution >= 4 is 26.8 Å². The fourth-order valence-electron chi connectivity index (χ4n) is 2.07. The maximum Gasteiger partial charge on any atom is 0.298 e. The fourth-order valence-corrected chi connectivity index (χ4v) is 3.34. The highest BCUT2D eigenvalue weighted by molar-refractivity contribution is 7.86. The van der Waals surface area contributed by atoms with E-state index in [-0.39, 0.29) is 4.90 Å². The summed E-state index contributed by atoms with van der Waals surface area (Å²) in [4.78, 5) is 11.3. The van der Waals surface area contributed by atoms with Gasteiger partial charge in [-0.05, 0) is 35.7 Å². The second kappa shape index (κ2) is 4.29. The van der Waals surface area contributed by atoms with Crippen LogP contribution in [0.1, 0.15) is 12.8 Å². The summed E-state index contributed by atoms with van der Waals surface area (Å²) in [5.41, 5.74) is 3.84. The first-order valence-electron chi connectivity index (χ1n) is 6.17. The summed E-state index contributed by atoms with van der Waals surface area (Å²) in [5, 5.41) is 1.73. The summed E-state index contributed by atoms with van der Waals surface area (Å²) in [6, 6.07) is 12.1. The lowest BCUT2D eigenvalue weighted by Crippen LogP contribution is -2.35. The van der Waals surface area contributed by atoms with E-state index in [9.17, 15) is 13.2 Å². The molecule has 1 aliphatic rings. The Hall–Kier alpha value is -1.92. The molecule has 1 aliphatic carbocycles. The lowest BCUT2D eigenvalue weighted by Gasteiger charge is -2.12. The summed E-state index contributed by atoms with van der Waals surface area (Å²) in [7, 11) is -3.99. The van der Waals surface area contributed by atoms with Gasteiger partial charge in [-0.3, -0.25) is 4.79 Å². The Morgan fingerprint density at radius 2 is 1.75 bits per heavy atom. The maximum absolute atomic E-state index is 12.2. The molecule has 0 aliphatic heterocycles. The molecule has 1 amide bonds. The average Bonchev–Trinajstić information content (AvgIpc) is 3.18. The van der Waals surface area contributed by atoms with Crippen LogP contribution in [0.2, 0.25) is 0 Å². The highest BCUT2D eigenvalue weighted by atomic mass is 32.2. The monoisotopic (exact) mass is 291 g/mol. The van der Waals surface area contributed by atoms with Crippen molar-refractivity contribution < 1.29 is 17.4 Å². The van der Waals surface area contributed by atoms with E-state index in [1.807, 2.05) is 24.3 Å². The molecule has 1 saturated carbocycles. The van der Waals surface area contributed by atoms with Gasteiger partial charge in [0.15, 0.2) is 5.60 Å². The summed E-state index contributed by atoms with van der Waals surface area (Å²) >= 11 is 0. The normalized spacial score (nSPS) is 17.0. The van der Waals surface area contributed by atoms with Crippen LogP contribution in [0.5, 0.6) is 0 Å². The summed E-state index contributed by atoms with van der Waals surface area (Å²) < 4.78 is 29.4. The molecule has 0 saturated heterocycles. The van der Waals surface area contributed by atoms with Crippen LogP contribution >= 0.6 is 0 Å². The number of carbonyl (C=O) groups excluding carboxylic acids is 1. The second-order valence-electron chi connectivity index (χ2n) is 4.90. The van der Waals surface area contributed by atoms with E-state index in [0.717, 1.165) is 10.8 Å². The lowest BCUT2D eigenvalue weighted by atomic mass is 10.1. The first-order chi connectivity index (χ1) is 9.43. The molecular formula is C14H13NO4S. The van der Waals surface area contributed by atoms with Crippen molar-refractivity contribution in [2.45, 2.75) is 23.3 Å². The van der Waals surface area contributed by atoms with Gasteiger partial charge in [-0.15, -0.1) is 0 Å². The van der Waals surface area contributed by atoms with Gasteiger partial charge in [-0.25, -0.2) is 4.18 Å². The highest BCUT2D eigenvalue weighted by Gasteiger charge is 2.53. The number of benzene rings is 2. The molecule has 2 aromatic carbocycles. The molecule has 0 bridgehead atoms. The third-order valence-corrected chi connectivity index (χ3v) is 4.80. The van der Waals surface area contributed by atoms with Gasteiger partial charge >= 0.3 is 0 Å². The largest absolute Gasteiger partial charge is 0.367 e. The Morgan fingerprint density at radius 1 is 1.10 bits per heavy atom. The molecule has 2 aromatic rings. The SMILES string of the molecule is NC(=O)C1(OS(=O)(=O)c2ccc3ccccc3c2)CC1. The van der Waals surface area contributed by atoms with Crippen molar-refractivity contribution in [3.8, 4) is 0 Å². The van der Waals surface area contributed by atoms with E-state index >= 15 is 0 Å². The molecule has 5 nitrogen and oxygen atoms in total. The van der Waals surface area contributed by atoms with Gasteiger partial charge in [0.05, 0.1) is 4.90 Å². The Labute approximate surface area is 116 Å². The lowest BCUT2D eigenvalue weighted by molar-refractivity contribution is -0.126. The quantitative estimate of drug-likeness (QED) is 0.866. The zero-order valence-corrected chi connectivity index (χ0v) is 11.4. The van der Waals surface area contributed by atoms with Crippen molar-refractivity contribution in [1.82, 2.24) is 0 Å². The molecule has 0 heterocycles. The smallest absolute Gasteiger partial charge is 0.298 e. The van der Waals surface area contributed by atoms with Crippen LogP contribution in [0.25, 0.3) is 10.8 Å². The first kappa shape index (κ1) is 13.1. The van der Waals surface area contributed by atoms with Crippen LogP contribution < -0.4 is 5.73 Å². The molecule has 2 N–H and O–H groups in total. The van der Waals surface area contributed by atoms with Crippen LogP contribution in [-0.4, -0.2) is 19.9 Å². The summed E-state index contributed by atoms with van der Waals surface area (Å²) in [5.74, 6) is -0.734. The molecular weight excluding hydrogens is 278 g/mol. The molecule has 6 heteroatoms. The number of hydrogen-bond acceptors (Lipinski definition) is 4. The molecule has 0 unspecified atom stereocenters. The minimum atomic E-state index is -3.99.